The summed E-state index contributed by atoms with van der Waals surface area (Å²) < 4.78 is 23.1. The third-order valence-electron chi connectivity index (χ3n) is 9.00. The van der Waals surface area contributed by atoms with Crippen LogP contribution >= 0.6 is 0 Å². The molecule has 9 heteroatoms. The fourth-order valence-electron chi connectivity index (χ4n) is 6.52. The minimum atomic E-state index is -1.29. The van der Waals surface area contributed by atoms with Crippen molar-refractivity contribution in [3.63, 3.8) is 0 Å². The van der Waals surface area contributed by atoms with Crippen molar-refractivity contribution in [3.05, 3.63) is 36.5 Å². The molecule has 0 aromatic carbocycles. The van der Waals surface area contributed by atoms with Crippen molar-refractivity contribution < 1.29 is 43.5 Å². The van der Waals surface area contributed by atoms with E-state index in [1.807, 2.05) is 20.8 Å². The van der Waals surface area contributed by atoms with Gasteiger partial charge >= 0.3 is 17.9 Å². The van der Waals surface area contributed by atoms with Gasteiger partial charge in [0, 0.05) is 19.4 Å². The fraction of sp³-hybridized carbons (Fsp3) is 0.690. The van der Waals surface area contributed by atoms with Gasteiger partial charge in [0.1, 0.15) is 6.10 Å². The van der Waals surface area contributed by atoms with Crippen LogP contribution in [0.15, 0.2) is 36.5 Å². The third-order valence-corrected chi connectivity index (χ3v) is 9.00. The summed E-state index contributed by atoms with van der Waals surface area (Å²) in [5.41, 5.74) is -1.10. The van der Waals surface area contributed by atoms with Gasteiger partial charge < -0.3 is 24.4 Å². The maximum atomic E-state index is 12.8. The van der Waals surface area contributed by atoms with E-state index >= 15 is 0 Å². The van der Waals surface area contributed by atoms with E-state index in [2.05, 4.69) is 13.2 Å². The molecule has 38 heavy (non-hydrogen) atoms. The van der Waals surface area contributed by atoms with Gasteiger partial charge in [0.05, 0.1) is 23.5 Å². The van der Waals surface area contributed by atoms with E-state index < -0.39 is 59.6 Å². The van der Waals surface area contributed by atoms with Gasteiger partial charge in [-0.05, 0) is 54.6 Å². The summed E-state index contributed by atoms with van der Waals surface area (Å²) in [5, 5.41) is 22.8. The molecule has 3 rings (SSSR count). The molecule has 3 aliphatic rings. The monoisotopic (exact) mass is 534 g/mol. The molecular formula is C29H42O9. The van der Waals surface area contributed by atoms with E-state index in [0.29, 0.717) is 24.0 Å². The molecule has 9 nitrogen and oxygen atoms in total. The molecule has 1 saturated carbocycles. The molecule has 2 aliphatic carbocycles. The van der Waals surface area contributed by atoms with E-state index in [1.165, 1.54) is 19.9 Å². The number of esters is 3. The molecule has 1 aliphatic heterocycles. The summed E-state index contributed by atoms with van der Waals surface area (Å²) in [6.45, 7) is 17.8. The van der Waals surface area contributed by atoms with Crippen molar-refractivity contribution in [3.8, 4) is 0 Å². The number of carbonyl (C=O) groups is 3. The van der Waals surface area contributed by atoms with Gasteiger partial charge in [-0.25, -0.2) is 0 Å². The van der Waals surface area contributed by atoms with Crippen molar-refractivity contribution in [1.29, 1.82) is 0 Å². The highest BCUT2D eigenvalue weighted by molar-refractivity contribution is 5.72. The highest BCUT2D eigenvalue weighted by atomic mass is 16.8. The van der Waals surface area contributed by atoms with Crippen LogP contribution in [0.2, 0.25) is 0 Å². The zero-order valence-corrected chi connectivity index (χ0v) is 23.3. The van der Waals surface area contributed by atoms with Crippen LogP contribution in [0.25, 0.3) is 0 Å². The van der Waals surface area contributed by atoms with Gasteiger partial charge in [-0.15, -0.1) is 0 Å². The molecule has 0 aromatic heterocycles. The molecule has 2 fully saturated rings. The second-order valence-electron chi connectivity index (χ2n) is 11.3. The molecule has 1 spiro atoms. The zero-order valence-electron chi connectivity index (χ0n) is 23.3. The first-order valence-electron chi connectivity index (χ1n) is 13.3. The van der Waals surface area contributed by atoms with Gasteiger partial charge in [0.15, 0.2) is 0 Å². The van der Waals surface area contributed by atoms with Gasteiger partial charge in [0.25, 0.3) is 0 Å². The van der Waals surface area contributed by atoms with Crippen molar-refractivity contribution in [2.75, 3.05) is 0 Å². The molecular weight excluding hydrogens is 492 g/mol. The highest BCUT2D eigenvalue weighted by Gasteiger charge is 2.71. The first-order chi connectivity index (χ1) is 17.7. The van der Waals surface area contributed by atoms with Crippen LogP contribution in [0.1, 0.15) is 67.2 Å². The molecule has 1 unspecified atom stereocenters. The Kier molecular flexibility index (Phi) is 8.95. The number of aliphatic hydroxyl groups is 2. The summed E-state index contributed by atoms with van der Waals surface area (Å²) >= 11 is 0. The first-order valence-corrected chi connectivity index (χ1v) is 13.3. The summed E-state index contributed by atoms with van der Waals surface area (Å²) in [7, 11) is 0. The van der Waals surface area contributed by atoms with Crippen LogP contribution in [0.4, 0.5) is 0 Å². The lowest BCUT2D eigenvalue weighted by Gasteiger charge is -2.60. The maximum absolute atomic E-state index is 12.8. The van der Waals surface area contributed by atoms with Gasteiger partial charge in [-0.2, -0.15) is 0 Å². The maximum Gasteiger partial charge on any atom is 0.309 e. The van der Waals surface area contributed by atoms with E-state index in [1.54, 1.807) is 13.0 Å². The van der Waals surface area contributed by atoms with Crippen molar-refractivity contribution in [2.45, 2.75) is 98.1 Å². The Morgan fingerprint density at radius 2 is 1.84 bits per heavy atom. The van der Waals surface area contributed by atoms with Crippen LogP contribution < -0.4 is 0 Å². The number of hydrogen-bond donors (Lipinski definition) is 2. The minimum absolute atomic E-state index is 0.101. The Balaban J connectivity index is 2.22. The number of hydrogen-bond acceptors (Lipinski definition) is 9. The second kappa shape index (κ2) is 11.3. The second-order valence-corrected chi connectivity index (χ2v) is 11.3. The number of carbonyl (C=O) groups excluding carboxylic acids is 3. The van der Waals surface area contributed by atoms with E-state index in [9.17, 15) is 24.6 Å². The molecule has 1 heterocycles. The summed E-state index contributed by atoms with van der Waals surface area (Å²) in [5.74, 6) is -2.53. The largest absolute Gasteiger partial charge is 0.458 e. The zero-order chi connectivity index (χ0) is 28.6. The summed E-state index contributed by atoms with van der Waals surface area (Å²) in [4.78, 5) is 37.0. The third kappa shape index (κ3) is 5.20. The van der Waals surface area contributed by atoms with E-state index in [4.69, 9.17) is 18.9 Å². The average Bonchev–Trinajstić information content (AvgIpc) is 3.13. The molecule has 0 radical (unpaired) electrons. The number of rotatable bonds is 9. The van der Waals surface area contributed by atoms with Crippen LogP contribution in [0, 0.1) is 28.6 Å². The molecule has 212 valence electrons. The standard InChI is InChI=1S/C29H42O9/c1-9-15(3)22(32)14-28(8)17(5)11-24(33)29-21(26(35-18(6)30)38-27(29)36-19(7)31)12-20(13-23(28)29)37-25(34)16(4)10-2/h9,12,16-17,20,22-24,26-27,32-33H,1,3,10-11,13-14H2,2,4-8H3/t16?,17-,20-,22-,23+,24+,26+,27-,28-,29-/m0/s1. The normalized spacial score (nSPS) is 37.5. The molecule has 2 N–H and O–H groups in total. The predicted octanol–water partition coefficient (Wildman–Crippen LogP) is 3.59. The topological polar surface area (TPSA) is 129 Å². The first kappa shape index (κ1) is 30.1. The molecule has 0 aromatic rings. The Morgan fingerprint density at radius 3 is 2.39 bits per heavy atom. The Hall–Kier alpha value is -2.49. The van der Waals surface area contributed by atoms with E-state index in [0.717, 1.165) is 0 Å². The minimum Gasteiger partial charge on any atom is -0.458 e. The molecule has 1 saturated heterocycles. The van der Waals surface area contributed by atoms with Crippen LogP contribution in [0.5, 0.6) is 0 Å². The molecule has 0 amide bonds. The van der Waals surface area contributed by atoms with Crippen LogP contribution in [0.3, 0.4) is 0 Å². The lowest BCUT2D eigenvalue weighted by Crippen LogP contribution is -2.63. The molecule has 10 atom stereocenters. The average molecular weight is 535 g/mol. The van der Waals surface area contributed by atoms with E-state index in [-0.39, 0.29) is 30.6 Å². The lowest BCUT2D eigenvalue weighted by molar-refractivity contribution is -0.256. The quantitative estimate of drug-likeness (QED) is 0.197. The lowest BCUT2D eigenvalue weighted by atomic mass is 9.44. The van der Waals surface area contributed by atoms with Crippen molar-refractivity contribution >= 4 is 17.9 Å². The number of ether oxygens (including phenoxy) is 4. The smallest absolute Gasteiger partial charge is 0.309 e. The van der Waals surface area contributed by atoms with Gasteiger partial charge in [-0.3, -0.25) is 19.1 Å². The Bertz CT molecular complexity index is 1000. The SMILES string of the molecule is C=CC(=C)[C@@H](O)C[C@]1(C)[C@H]2C[C@@H](OC(=O)C(C)CC)C=C3[C@H](OC(C)=O)O[C@H](OC(C)=O)[C@@]32[C@H](O)C[C@@H]1C. The van der Waals surface area contributed by atoms with Crippen molar-refractivity contribution in [2.24, 2.45) is 28.6 Å². The summed E-state index contributed by atoms with van der Waals surface area (Å²) in [6, 6.07) is 0. The van der Waals surface area contributed by atoms with Crippen LogP contribution in [-0.4, -0.2) is 59.0 Å². The predicted molar refractivity (Wildman–Crippen MR) is 138 cm³/mol. The molecule has 0 bridgehead atoms. The number of aliphatic hydroxyl groups excluding tert-OH is 2. The Morgan fingerprint density at radius 1 is 1.21 bits per heavy atom. The van der Waals surface area contributed by atoms with Gasteiger partial charge in [-0.1, -0.05) is 46.9 Å². The van der Waals surface area contributed by atoms with Crippen molar-refractivity contribution in [1.82, 2.24) is 0 Å². The van der Waals surface area contributed by atoms with Gasteiger partial charge in [0.2, 0.25) is 12.6 Å². The van der Waals surface area contributed by atoms with Crippen LogP contribution in [-0.2, 0) is 33.3 Å². The Labute approximate surface area is 224 Å². The fourth-order valence-corrected chi connectivity index (χ4v) is 6.52. The summed E-state index contributed by atoms with van der Waals surface area (Å²) in [6.07, 6.45) is -0.516. The highest BCUT2D eigenvalue weighted by Crippen LogP contribution is 2.67.